The molecule has 0 aromatic heterocycles. The largest absolute Gasteiger partial charge is 0.508 e. The number of benzene rings is 2. The lowest BCUT2D eigenvalue weighted by Gasteiger charge is -2.14. The van der Waals surface area contributed by atoms with E-state index in [-0.39, 0.29) is 28.4 Å². The molecule has 2 aromatic rings. The molecule has 1 atom stereocenters. The monoisotopic (exact) mass is 403 g/mol. The number of hydrazone groups is 1. The van der Waals surface area contributed by atoms with Crippen molar-refractivity contribution in [3.05, 3.63) is 48.0 Å². The molecule has 0 bridgehead atoms. The molecule has 0 spiro atoms. The average Bonchev–Trinajstić information content (AvgIpc) is 2.91. The fraction of sp³-hybridized carbons (Fsp3) is 0.167. The van der Waals surface area contributed by atoms with Crippen LogP contribution in [0.5, 0.6) is 11.5 Å². The molecule has 0 saturated carbocycles. The van der Waals surface area contributed by atoms with E-state index in [9.17, 15) is 28.2 Å². The van der Waals surface area contributed by atoms with Crippen LogP contribution < -0.4 is 10.1 Å². The summed E-state index contributed by atoms with van der Waals surface area (Å²) in [5, 5.41) is 29.6. The van der Waals surface area contributed by atoms with E-state index < -0.39 is 27.6 Å². The van der Waals surface area contributed by atoms with Crippen LogP contribution >= 0.6 is 0 Å². The Morgan fingerprint density at radius 3 is 2.43 bits per heavy atom. The first-order valence-electron chi connectivity index (χ1n) is 8.15. The van der Waals surface area contributed by atoms with Gasteiger partial charge in [0.15, 0.2) is 5.78 Å². The minimum absolute atomic E-state index is 0.0865. The third-order valence-electron chi connectivity index (χ3n) is 4.35. The summed E-state index contributed by atoms with van der Waals surface area (Å²) in [6, 6.07) is 8.86. The van der Waals surface area contributed by atoms with Gasteiger partial charge in [-0.1, -0.05) is 0 Å². The van der Waals surface area contributed by atoms with Gasteiger partial charge in [-0.3, -0.25) is 9.59 Å². The molecular formula is C18H17N3O6S. The number of rotatable bonds is 5. The van der Waals surface area contributed by atoms with Crippen LogP contribution in [0.4, 0.5) is 5.69 Å². The Kier molecular flexibility index (Phi) is 4.92. The van der Waals surface area contributed by atoms with E-state index in [2.05, 4.69) is 5.10 Å². The van der Waals surface area contributed by atoms with Crippen molar-refractivity contribution in [1.29, 1.82) is 0 Å². The number of nitrogens with zero attached hydrogens (tertiary/aromatic N) is 2. The Bertz CT molecular complexity index is 1090. The topological polar surface area (TPSA) is 150 Å². The molecule has 1 heterocycles. The van der Waals surface area contributed by atoms with Gasteiger partial charge in [-0.05, 0) is 49.4 Å². The van der Waals surface area contributed by atoms with Gasteiger partial charge in [0.05, 0.1) is 22.1 Å². The predicted octanol–water partition coefficient (Wildman–Crippen LogP) is 1.36. The highest BCUT2D eigenvalue weighted by Crippen LogP contribution is 2.29. The number of hydrogen-bond acceptors (Lipinski definition) is 7. The van der Waals surface area contributed by atoms with Crippen LogP contribution in [0.25, 0.3) is 0 Å². The first-order chi connectivity index (χ1) is 13.1. The number of carbonyl (C=O) groups is 2. The molecule has 1 amide bonds. The maximum Gasteiger partial charge on any atom is 0.256 e. The average molecular weight is 403 g/mol. The van der Waals surface area contributed by atoms with Crippen LogP contribution in [0.3, 0.4) is 0 Å². The second kappa shape index (κ2) is 7.06. The summed E-state index contributed by atoms with van der Waals surface area (Å²) in [7, 11) is -3.86. The van der Waals surface area contributed by atoms with Crippen molar-refractivity contribution in [2.45, 2.75) is 18.2 Å². The number of aromatic hydroxyl groups is 2. The molecule has 3 rings (SSSR count). The van der Waals surface area contributed by atoms with Gasteiger partial charge in [0.25, 0.3) is 5.91 Å². The zero-order chi connectivity index (χ0) is 20.6. The molecule has 1 aliphatic heterocycles. The smallest absolute Gasteiger partial charge is 0.256 e. The Balaban J connectivity index is 1.81. The maximum absolute atomic E-state index is 12.7. The molecule has 2 aromatic carbocycles. The number of amides is 1. The highest BCUT2D eigenvalue weighted by Gasteiger charge is 2.36. The van der Waals surface area contributed by atoms with Gasteiger partial charge >= 0.3 is 0 Å². The number of carbonyl (C=O) groups excluding carboxylic acids is 2. The predicted molar refractivity (Wildman–Crippen MR) is 101 cm³/mol. The summed E-state index contributed by atoms with van der Waals surface area (Å²) in [4.78, 5) is 25.1. The van der Waals surface area contributed by atoms with Crippen LogP contribution in [0.15, 0.2) is 52.5 Å². The molecule has 10 heteroatoms. The van der Waals surface area contributed by atoms with Gasteiger partial charge in [0.1, 0.15) is 11.5 Å². The number of ketones is 1. The number of primary sulfonamides is 1. The zero-order valence-electron chi connectivity index (χ0n) is 14.7. The van der Waals surface area contributed by atoms with Gasteiger partial charge in [-0.15, -0.1) is 0 Å². The van der Waals surface area contributed by atoms with Gasteiger partial charge in [-0.2, -0.15) is 5.10 Å². The first-order valence-corrected chi connectivity index (χ1v) is 9.69. The summed E-state index contributed by atoms with van der Waals surface area (Å²) in [5.74, 6) is -2.30. The zero-order valence-corrected chi connectivity index (χ0v) is 15.5. The number of phenols is 2. The number of hydrogen-bond donors (Lipinski definition) is 3. The molecule has 1 unspecified atom stereocenters. The first kappa shape index (κ1) is 19.5. The summed E-state index contributed by atoms with van der Waals surface area (Å²) in [6.07, 6.45) is -0.239. The van der Waals surface area contributed by atoms with Crippen molar-refractivity contribution in [3.63, 3.8) is 0 Å². The normalized spacial score (nSPS) is 16.9. The number of anilines is 1. The molecule has 0 radical (unpaired) electrons. The van der Waals surface area contributed by atoms with E-state index in [1.54, 1.807) is 6.92 Å². The van der Waals surface area contributed by atoms with Gasteiger partial charge in [-0.25, -0.2) is 18.6 Å². The van der Waals surface area contributed by atoms with Crippen molar-refractivity contribution in [2.24, 2.45) is 16.2 Å². The van der Waals surface area contributed by atoms with E-state index in [0.29, 0.717) is 11.4 Å². The highest BCUT2D eigenvalue weighted by atomic mass is 32.2. The Hall–Kier alpha value is -3.24. The number of sulfonamides is 1. The van der Waals surface area contributed by atoms with Crippen LogP contribution in [0, 0.1) is 5.92 Å². The SMILES string of the molecule is CC1=NN(c2ccc(S(N)(=O)=O)cc2)C(=O)C1CC(=O)c1cc(O)ccc1O. The summed E-state index contributed by atoms with van der Waals surface area (Å²) >= 11 is 0. The highest BCUT2D eigenvalue weighted by molar-refractivity contribution is 7.89. The Morgan fingerprint density at radius 1 is 1.18 bits per heavy atom. The summed E-state index contributed by atoms with van der Waals surface area (Å²) < 4.78 is 22.7. The van der Waals surface area contributed by atoms with Gasteiger partial charge in [0.2, 0.25) is 10.0 Å². The van der Waals surface area contributed by atoms with Crippen LogP contribution in [0.2, 0.25) is 0 Å². The fourth-order valence-corrected chi connectivity index (χ4v) is 3.36. The third kappa shape index (κ3) is 3.73. The van der Waals surface area contributed by atoms with Crippen molar-refractivity contribution in [1.82, 2.24) is 0 Å². The molecule has 9 nitrogen and oxygen atoms in total. The molecule has 0 saturated heterocycles. The second-order valence-electron chi connectivity index (χ2n) is 6.31. The second-order valence-corrected chi connectivity index (χ2v) is 7.87. The van der Waals surface area contributed by atoms with E-state index in [4.69, 9.17) is 5.14 Å². The minimum atomic E-state index is -3.86. The van der Waals surface area contributed by atoms with Crippen LogP contribution in [-0.4, -0.2) is 36.0 Å². The van der Waals surface area contributed by atoms with Crippen molar-refractivity contribution >= 4 is 33.1 Å². The lowest BCUT2D eigenvalue weighted by molar-refractivity contribution is -0.119. The van der Waals surface area contributed by atoms with Crippen molar-refractivity contribution < 1.29 is 28.2 Å². The van der Waals surface area contributed by atoms with E-state index >= 15 is 0 Å². The van der Waals surface area contributed by atoms with Crippen molar-refractivity contribution in [3.8, 4) is 11.5 Å². The van der Waals surface area contributed by atoms with Gasteiger partial charge in [0, 0.05) is 12.1 Å². The maximum atomic E-state index is 12.7. The Morgan fingerprint density at radius 2 is 1.82 bits per heavy atom. The molecule has 146 valence electrons. The fourth-order valence-electron chi connectivity index (χ4n) is 2.84. The summed E-state index contributed by atoms with van der Waals surface area (Å²) in [5.41, 5.74) is 0.636. The molecule has 1 aliphatic rings. The van der Waals surface area contributed by atoms with Gasteiger partial charge < -0.3 is 10.2 Å². The van der Waals surface area contributed by atoms with Crippen LogP contribution in [0.1, 0.15) is 23.7 Å². The Labute approximate surface area is 160 Å². The lowest BCUT2D eigenvalue weighted by atomic mass is 9.94. The number of nitrogens with two attached hydrogens (primary N) is 1. The number of Topliss-reactive ketones (excluding diaryl/α,β-unsaturated/α-hetero) is 1. The number of phenolic OH excluding ortho intramolecular Hbond substituents is 2. The molecule has 28 heavy (non-hydrogen) atoms. The van der Waals surface area contributed by atoms with E-state index in [1.165, 1.54) is 36.4 Å². The molecule has 4 N–H and O–H groups in total. The standard InChI is InChI=1S/C18H17N3O6S/c1-10-14(9-17(24)15-8-12(22)4-7-16(15)23)18(25)21(20-10)11-2-5-13(6-3-11)28(19,26)27/h2-8,14,22-23H,9H2,1H3,(H2,19,26,27). The molecule has 0 fully saturated rings. The summed E-state index contributed by atoms with van der Waals surface area (Å²) in [6.45, 7) is 1.59. The van der Waals surface area contributed by atoms with E-state index in [1.807, 2.05) is 0 Å². The van der Waals surface area contributed by atoms with Crippen LogP contribution in [-0.2, 0) is 14.8 Å². The van der Waals surface area contributed by atoms with Crippen molar-refractivity contribution in [2.75, 3.05) is 5.01 Å². The lowest BCUT2D eigenvalue weighted by Crippen LogP contribution is -2.28. The molecule has 0 aliphatic carbocycles. The van der Waals surface area contributed by atoms with E-state index in [0.717, 1.165) is 11.1 Å². The minimum Gasteiger partial charge on any atom is -0.508 e. The molecular weight excluding hydrogens is 386 g/mol. The quantitative estimate of drug-likeness (QED) is 0.506. The third-order valence-corrected chi connectivity index (χ3v) is 5.28.